The summed E-state index contributed by atoms with van der Waals surface area (Å²) in [7, 11) is 1.24. The number of carbonyl (C=O) groups excluding carboxylic acids is 2. The van der Waals surface area contributed by atoms with Gasteiger partial charge < -0.3 is 23.4 Å². The number of hydrogen-bond acceptors (Lipinski definition) is 10. The lowest BCUT2D eigenvalue weighted by molar-refractivity contribution is -0.142. The highest BCUT2D eigenvalue weighted by Gasteiger charge is 2.48. The standard InChI is InChI=1S/C27H23NO8S2/c1-33-22(29)12-34-15-4-6-17-20(10-15)36-26(32)23(24(17)30)19-7-5-16(35-19)11-21-25(31)28(27(37)38-21)18-9-13-2-3-14(18)8-13/h4-7,10-11,13-14,18,30H,2-3,8-9,12H2,1H3/b21-11-. The Balaban J connectivity index is 1.25. The van der Waals surface area contributed by atoms with Crippen molar-refractivity contribution in [1.82, 2.24) is 4.90 Å². The number of rotatable bonds is 6. The zero-order valence-corrected chi connectivity index (χ0v) is 21.9. The first kappa shape index (κ1) is 24.7. The lowest BCUT2D eigenvalue weighted by atomic mass is 9.94. The van der Waals surface area contributed by atoms with Gasteiger partial charge in [0.2, 0.25) is 0 Å². The number of hydrogen-bond donors (Lipinski definition) is 1. The molecule has 3 aromatic rings. The minimum absolute atomic E-state index is 0.0784. The molecule has 0 radical (unpaired) electrons. The number of nitrogens with zero attached hydrogens (tertiary/aromatic N) is 1. The number of esters is 1. The molecule has 38 heavy (non-hydrogen) atoms. The Kier molecular flexibility index (Phi) is 6.27. The van der Waals surface area contributed by atoms with Crippen molar-refractivity contribution in [3.8, 4) is 22.8 Å². The first-order valence-electron chi connectivity index (χ1n) is 12.2. The maximum atomic E-state index is 13.2. The van der Waals surface area contributed by atoms with Gasteiger partial charge in [0.15, 0.2) is 6.61 Å². The number of furan rings is 1. The molecule has 1 saturated heterocycles. The van der Waals surface area contributed by atoms with E-state index >= 15 is 0 Å². The van der Waals surface area contributed by atoms with Gasteiger partial charge in [0.25, 0.3) is 5.91 Å². The Bertz CT molecular complexity index is 1570. The molecule has 196 valence electrons. The maximum Gasteiger partial charge on any atom is 0.351 e. The van der Waals surface area contributed by atoms with Crippen LogP contribution in [0.3, 0.4) is 0 Å². The molecule has 1 aliphatic heterocycles. The van der Waals surface area contributed by atoms with Gasteiger partial charge in [0.05, 0.1) is 17.4 Å². The van der Waals surface area contributed by atoms with E-state index in [0.717, 1.165) is 12.8 Å². The number of benzene rings is 1. The molecule has 1 N–H and O–H groups in total. The average Bonchev–Trinajstić information content (AvgIpc) is 3.68. The molecule has 3 fully saturated rings. The van der Waals surface area contributed by atoms with Crippen molar-refractivity contribution in [2.45, 2.75) is 31.7 Å². The minimum Gasteiger partial charge on any atom is -0.506 e. The second-order valence-corrected chi connectivity index (χ2v) is 11.3. The van der Waals surface area contributed by atoms with E-state index in [0.29, 0.717) is 26.8 Å². The summed E-state index contributed by atoms with van der Waals surface area (Å²) >= 11 is 6.80. The third-order valence-corrected chi connectivity index (χ3v) is 8.77. The number of ether oxygens (including phenoxy) is 2. The molecule has 2 saturated carbocycles. The van der Waals surface area contributed by atoms with Crippen LogP contribution < -0.4 is 10.4 Å². The van der Waals surface area contributed by atoms with E-state index in [1.807, 2.05) is 0 Å². The Morgan fingerprint density at radius 1 is 1.21 bits per heavy atom. The minimum atomic E-state index is -0.816. The van der Waals surface area contributed by atoms with Crippen molar-refractivity contribution in [3.05, 3.63) is 51.4 Å². The number of aromatic hydroxyl groups is 1. The fourth-order valence-electron chi connectivity index (χ4n) is 5.66. The SMILES string of the molecule is COC(=O)COc1ccc2c(O)c(-c3ccc(/C=C4\SC(=S)N(C5CC6CCC5C6)C4=O)o3)c(=O)oc2c1. The molecule has 1 aromatic carbocycles. The van der Waals surface area contributed by atoms with Crippen LogP contribution in [0.15, 0.2) is 48.9 Å². The van der Waals surface area contributed by atoms with Gasteiger partial charge in [-0.3, -0.25) is 9.69 Å². The zero-order chi connectivity index (χ0) is 26.6. The van der Waals surface area contributed by atoms with Gasteiger partial charge in [-0.05, 0) is 55.4 Å². The molecule has 3 aliphatic rings. The third kappa shape index (κ3) is 4.29. The van der Waals surface area contributed by atoms with E-state index in [4.69, 9.17) is 25.8 Å². The van der Waals surface area contributed by atoms with Crippen LogP contribution in [0.1, 0.15) is 31.4 Å². The van der Waals surface area contributed by atoms with Crippen molar-refractivity contribution in [3.63, 3.8) is 0 Å². The molecule has 11 heteroatoms. The summed E-state index contributed by atoms with van der Waals surface area (Å²) in [4.78, 5) is 39.5. The monoisotopic (exact) mass is 553 g/mol. The van der Waals surface area contributed by atoms with Crippen LogP contribution in [0.25, 0.3) is 28.4 Å². The van der Waals surface area contributed by atoms with Gasteiger partial charge in [0.1, 0.15) is 38.5 Å². The summed E-state index contributed by atoms with van der Waals surface area (Å²) < 4.78 is 21.7. The fourth-order valence-corrected chi connectivity index (χ4v) is 7.01. The lowest BCUT2D eigenvalue weighted by Crippen LogP contribution is -2.41. The van der Waals surface area contributed by atoms with E-state index in [-0.39, 0.29) is 52.3 Å². The van der Waals surface area contributed by atoms with Crippen molar-refractivity contribution in [1.29, 1.82) is 0 Å². The van der Waals surface area contributed by atoms with Crippen molar-refractivity contribution in [2.24, 2.45) is 11.8 Å². The first-order chi connectivity index (χ1) is 18.3. The number of thioether (sulfide) groups is 1. The second kappa shape index (κ2) is 9.63. The number of methoxy groups -OCH3 is 1. The smallest absolute Gasteiger partial charge is 0.351 e. The summed E-state index contributed by atoms with van der Waals surface area (Å²) in [5.41, 5.74) is -0.881. The van der Waals surface area contributed by atoms with Crippen LogP contribution in [0.4, 0.5) is 0 Å². The summed E-state index contributed by atoms with van der Waals surface area (Å²) in [6.07, 6.45) is 6.17. The largest absolute Gasteiger partial charge is 0.506 e. The summed E-state index contributed by atoms with van der Waals surface area (Å²) in [6.45, 7) is -0.313. The van der Waals surface area contributed by atoms with Gasteiger partial charge in [-0.25, -0.2) is 9.59 Å². The molecule has 2 aromatic heterocycles. The summed E-state index contributed by atoms with van der Waals surface area (Å²) in [6, 6.07) is 7.76. The fraction of sp³-hybridized carbons (Fsp3) is 0.333. The van der Waals surface area contributed by atoms with E-state index in [1.54, 1.807) is 17.0 Å². The van der Waals surface area contributed by atoms with Gasteiger partial charge in [-0.2, -0.15) is 0 Å². The highest BCUT2D eigenvalue weighted by Crippen LogP contribution is 2.49. The number of carbonyl (C=O) groups is 2. The van der Waals surface area contributed by atoms with E-state index < -0.39 is 11.6 Å². The average molecular weight is 554 g/mol. The predicted octanol–water partition coefficient (Wildman–Crippen LogP) is 4.70. The van der Waals surface area contributed by atoms with Crippen molar-refractivity contribution < 1.29 is 33.0 Å². The van der Waals surface area contributed by atoms with Gasteiger partial charge in [-0.1, -0.05) is 30.4 Å². The molecule has 1 amide bonds. The van der Waals surface area contributed by atoms with E-state index in [2.05, 4.69) is 4.74 Å². The van der Waals surface area contributed by atoms with Crippen molar-refractivity contribution >= 4 is 57.2 Å². The van der Waals surface area contributed by atoms with Gasteiger partial charge >= 0.3 is 11.6 Å². The normalized spacial score (nSPS) is 23.7. The van der Waals surface area contributed by atoms with Crippen LogP contribution in [0.2, 0.25) is 0 Å². The molecular weight excluding hydrogens is 530 g/mol. The highest BCUT2D eigenvalue weighted by molar-refractivity contribution is 8.26. The molecule has 2 bridgehead atoms. The molecule has 3 heterocycles. The Morgan fingerprint density at radius 3 is 2.79 bits per heavy atom. The second-order valence-electron chi connectivity index (χ2n) is 9.63. The van der Waals surface area contributed by atoms with Crippen molar-refractivity contribution in [2.75, 3.05) is 13.7 Å². The molecule has 3 atom stereocenters. The lowest BCUT2D eigenvalue weighted by Gasteiger charge is -2.30. The molecule has 6 rings (SSSR count). The summed E-state index contributed by atoms with van der Waals surface area (Å²) in [5, 5.41) is 11.1. The molecule has 9 nitrogen and oxygen atoms in total. The molecular formula is C27H23NO8S2. The maximum absolute atomic E-state index is 13.2. The molecule has 2 aliphatic carbocycles. The van der Waals surface area contributed by atoms with Crippen LogP contribution in [-0.4, -0.2) is 46.0 Å². The van der Waals surface area contributed by atoms with Crippen LogP contribution in [0, 0.1) is 11.8 Å². The Morgan fingerprint density at radius 2 is 2.05 bits per heavy atom. The Labute approximate surface area is 226 Å². The zero-order valence-electron chi connectivity index (χ0n) is 20.3. The number of amides is 1. The molecule has 0 spiro atoms. The highest BCUT2D eigenvalue weighted by atomic mass is 32.2. The quantitative estimate of drug-likeness (QED) is 0.199. The van der Waals surface area contributed by atoms with E-state index in [1.165, 1.54) is 56.0 Å². The van der Waals surface area contributed by atoms with E-state index in [9.17, 15) is 19.5 Å². The summed E-state index contributed by atoms with van der Waals surface area (Å²) in [5.74, 6) is 0.910. The van der Waals surface area contributed by atoms with Crippen LogP contribution in [0.5, 0.6) is 11.5 Å². The number of thiocarbonyl (C=S) groups is 1. The third-order valence-electron chi connectivity index (χ3n) is 7.44. The van der Waals surface area contributed by atoms with Gasteiger partial charge in [-0.15, -0.1) is 0 Å². The van der Waals surface area contributed by atoms with Gasteiger partial charge in [0, 0.05) is 18.2 Å². The van der Waals surface area contributed by atoms with Crippen LogP contribution in [-0.2, 0) is 14.3 Å². The first-order valence-corrected chi connectivity index (χ1v) is 13.4. The number of fused-ring (bicyclic) bond motifs is 3. The van der Waals surface area contributed by atoms with Crippen LogP contribution >= 0.6 is 24.0 Å². The topological polar surface area (TPSA) is 119 Å². The predicted molar refractivity (Wildman–Crippen MR) is 144 cm³/mol. The molecule has 3 unspecified atom stereocenters. The Hall–Kier alpha value is -3.57.